The van der Waals surface area contributed by atoms with Gasteiger partial charge in [0.25, 0.3) is 0 Å². The molecule has 0 amide bonds. The number of hydrogen-bond donors (Lipinski definition) is 1. The van der Waals surface area contributed by atoms with Gasteiger partial charge in [-0.3, -0.25) is 0 Å². The lowest BCUT2D eigenvalue weighted by Gasteiger charge is -2.38. The van der Waals surface area contributed by atoms with Crippen molar-refractivity contribution in [2.45, 2.75) is 77.7 Å². The maximum Gasteiger partial charge on any atom is 0.0185 e. The first-order valence-corrected chi connectivity index (χ1v) is 8.49. The van der Waals surface area contributed by atoms with Crippen molar-refractivity contribution < 1.29 is 0 Å². The third-order valence-electron chi connectivity index (χ3n) is 4.48. The summed E-state index contributed by atoms with van der Waals surface area (Å²) in [7, 11) is 0. The molecular weight excluding hydrogens is 242 g/mol. The number of unbranched alkanes of at least 4 members (excludes halogenated alkanes) is 1. The van der Waals surface area contributed by atoms with Gasteiger partial charge < -0.3 is 5.73 Å². The molecule has 0 heterocycles. The van der Waals surface area contributed by atoms with E-state index < -0.39 is 0 Å². The molecule has 0 aliphatic heterocycles. The van der Waals surface area contributed by atoms with E-state index in [-0.39, 0.29) is 5.54 Å². The first-order chi connectivity index (χ1) is 9.66. The first kappa shape index (κ1) is 17.2. The quantitative estimate of drug-likeness (QED) is 0.613. The fourth-order valence-electron chi connectivity index (χ4n) is 3.41. The Morgan fingerprint density at radius 3 is 2.05 bits per heavy atom. The Morgan fingerprint density at radius 1 is 0.950 bits per heavy atom. The zero-order valence-electron chi connectivity index (χ0n) is 13.7. The average Bonchev–Trinajstić information content (AvgIpc) is 2.45. The van der Waals surface area contributed by atoms with Crippen LogP contribution < -0.4 is 5.73 Å². The molecule has 0 saturated heterocycles. The molecular formula is C19H33N. The molecule has 1 rings (SSSR count). The summed E-state index contributed by atoms with van der Waals surface area (Å²) in [5, 5.41) is 0. The zero-order valence-corrected chi connectivity index (χ0v) is 13.7. The Kier molecular flexibility index (Phi) is 7.91. The van der Waals surface area contributed by atoms with Gasteiger partial charge in [0.05, 0.1) is 0 Å². The maximum atomic E-state index is 6.85. The smallest absolute Gasteiger partial charge is 0.0185 e. The van der Waals surface area contributed by atoms with Gasteiger partial charge in [-0.2, -0.15) is 0 Å². The van der Waals surface area contributed by atoms with Crippen LogP contribution in [-0.2, 0) is 6.42 Å². The highest BCUT2D eigenvalue weighted by Gasteiger charge is 2.32. The molecule has 20 heavy (non-hydrogen) atoms. The molecule has 0 spiro atoms. The van der Waals surface area contributed by atoms with Crippen LogP contribution in [0.3, 0.4) is 0 Å². The van der Waals surface area contributed by atoms with Gasteiger partial charge >= 0.3 is 0 Å². The van der Waals surface area contributed by atoms with Crippen LogP contribution in [0, 0.1) is 5.92 Å². The molecule has 0 aliphatic carbocycles. The Bertz CT molecular complexity index is 338. The van der Waals surface area contributed by atoms with E-state index in [0.717, 1.165) is 19.3 Å². The topological polar surface area (TPSA) is 26.0 Å². The van der Waals surface area contributed by atoms with Gasteiger partial charge in [0, 0.05) is 5.54 Å². The molecule has 0 aromatic heterocycles. The molecule has 1 atom stereocenters. The molecule has 1 aromatic carbocycles. The van der Waals surface area contributed by atoms with Crippen LogP contribution in [0.4, 0.5) is 0 Å². The van der Waals surface area contributed by atoms with Crippen molar-refractivity contribution >= 4 is 0 Å². The molecule has 1 heteroatoms. The van der Waals surface area contributed by atoms with Gasteiger partial charge in [-0.25, -0.2) is 0 Å². The van der Waals surface area contributed by atoms with Crippen LogP contribution in [0.15, 0.2) is 30.3 Å². The van der Waals surface area contributed by atoms with Crippen molar-refractivity contribution in [3.05, 3.63) is 35.9 Å². The van der Waals surface area contributed by atoms with Crippen molar-refractivity contribution in [3.8, 4) is 0 Å². The van der Waals surface area contributed by atoms with Gasteiger partial charge in [-0.1, -0.05) is 76.8 Å². The third kappa shape index (κ3) is 5.28. The van der Waals surface area contributed by atoms with E-state index >= 15 is 0 Å². The molecule has 0 radical (unpaired) electrons. The largest absolute Gasteiger partial charge is 0.325 e. The molecule has 0 aliphatic rings. The molecule has 1 unspecified atom stereocenters. The van der Waals surface area contributed by atoms with Crippen molar-refractivity contribution in [1.29, 1.82) is 0 Å². The number of rotatable bonds is 10. The monoisotopic (exact) mass is 275 g/mol. The van der Waals surface area contributed by atoms with Crippen LogP contribution in [0.25, 0.3) is 0 Å². The van der Waals surface area contributed by atoms with Crippen molar-refractivity contribution in [3.63, 3.8) is 0 Å². The normalized spacial score (nSPS) is 13.4. The predicted octanol–water partition coefficient (Wildman–Crippen LogP) is 5.33. The Morgan fingerprint density at radius 2 is 1.55 bits per heavy atom. The van der Waals surface area contributed by atoms with Crippen LogP contribution in [-0.4, -0.2) is 5.54 Å². The third-order valence-corrected chi connectivity index (χ3v) is 4.48. The second-order valence-electron chi connectivity index (χ2n) is 6.26. The van der Waals surface area contributed by atoms with Crippen molar-refractivity contribution in [1.82, 2.24) is 0 Å². The Labute approximate surface area is 126 Å². The van der Waals surface area contributed by atoms with Crippen LogP contribution in [0.5, 0.6) is 0 Å². The van der Waals surface area contributed by atoms with E-state index in [1.807, 2.05) is 0 Å². The lowest BCUT2D eigenvalue weighted by molar-refractivity contribution is 0.212. The highest BCUT2D eigenvalue weighted by atomic mass is 14.8. The first-order valence-electron chi connectivity index (χ1n) is 8.49. The summed E-state index contributed by atoms with van der Waals surface area (Å²) in [5.41, 5.74) is 8.31. The second-order valence-corrected chi connectivity index (χ2v) is 6.26. The van der Waals surface area contributed by atoms with Crippen LogP contribution in [0.1, 0.15) is 71.3 Å². The number of hydrogen-bond acceptors (Lipinski definition) is 1. The van der Waals surface area contributed by atoms with Crippen molar-refractivity contribution in [2.75, 3.05) is 0 Å². The summed E-state index contributed by atoms with van der Waals surface area (Å²) < 4.78 is 0. The van der Waals surface area contributed by atoms with E-state index in [0.29, 0.717) is 5.92 Å². The highest BCUT2D eigenvalue weighted by Crippen LogP contribution is 2.32. The Balaban J connectivity index is 2.84. The predicted molar refractivity (Wildman–Crippen MR) is 89.9 cm³/mol. The number of nitrogens with two attached hydrogens (primary N) is 1. The van der Waals surface area contributed by atoms with E-state index in [1.165, 1.54) is 37.7 Å². The highest BCUT2D eigenvalue weighted by molar-refractivity contribution is 5.16. The average molecular weight is 275 g/mol. The van der Waals surface area contributed by atoms with E-state index in [1.54, 1.807) is 0 Å². The molecule has 0 bridgehead atoms. The van der Waals surface area contributed by atoms with E-state index in [9.17, 15) is 0 Å². The van der Waals surface area contributed by atoms with Gasteiger partial charge in [0.1, 0.15) is 0 Å². The summed E-state index contributed by atoms with van der Waals surface area (Å²) in [6.45, 7) is 6.80. The second kappa shape index (κ2) is 9.18. The fourth-order valence-corrected chi connectivity index (χ4v) is 3.41. The van der Waals surface area contributed by atoms with Crippen LogP contribution in [0.2, 0.25) is 0 Å². The molecule has 0 saturated carbocycles. The molecule has 2 N–H and O–H groups in total. The summed E-state index contributed by atoms with van der Waals surface area (Å²) in [5.74, 6) is 0.616. The minimum atomic E-state index is 0.0223. The lowest BCUT2D eigenvalue weighted by atomic mass is 9.73. The van der Waals surface area contributed by atoms with E-state index in [2.05, 4.69) is 51.1 Å². The molecule has 114 valence electrons. The van der Waals surface area contributed by atoms with Gasteiger partial charge in [0.2, 0.25) is 0 Å². The maximum absolute atomic E-state index is 6.85. The fraction of sp³-hybridized carbons (Fsp3) is 0.684. The summed E-state index contributed by atoms with van der Waals surface area (Å²) in [6.07, 6.45) is 9.65. The summed E-state index contributed by atoms with van der Waals surface area (Å²) in [6, 6.07) is 10.9. The number of benzene rings is 1. The zero-order chi connectivity index (χ0) is 14.8. The van der Waals surface area contributed by atoms with Gasteiger partial charge in [-0.05, 0) is 37.2 Å². The van der Waals surface area contributed by atoms with Crippen LogP contribution >= 0.6 is 0 Å². The van der Waals surface area contributed by atoms with Crippen molar-refractivity contribution in [2.24, 2.45) is 11.7 Å². The van der Waals surface area contributed by atoms with Gasteiger partial charge in [-0.15, -0.1) is 0 Å². The SMILES string of the molecule is CCCCC(Cc1ccccc1)C(N)(CCC)CCC. The van der Waals surface area contributed by atoms with Gasteiger partial charge in [0.15, 0.2) is 0 Å². The Hall–Kier alpha value is -0.820. The minimum Gasteiger partial charge on any atom is -0.325 e. The minimum absolute atomic E-state index is 0.0223. The lowest BCUT2D eigenvalue weighted by Crippen LogP contribution is -2.48. The van der Waals surface area contributed by atoms with E-state index in [4.69, 9.17) is 5.73 Å². The standard InChI is InChI=1S/C19H33N/c1-4-7-13-18(16-17-11-9-8-10-12-17)19(20,14-5-2)15-6-3/h8-12,18H,4-7,13-16,20H2,1-3H3. The molecule has 1 nitrogen and oxygen atoms in total. The summed E-state index contributed by atoms with van der Waals surface area (Å²) >= 11 is 0. The molecule has 0 fully saturated rings. The summed E-state index contributed by atoms with van der Waals surface area (Å²) in [4.78, 5) is 0. The molecule has 1 aromatic rings.